The van der Waals surface area contributed by atoms with Gasteiger partial charge in [0.25, 0.3) is 0 Å². The molecule has 0 saturated carbocycles. The van der Waals surface area contributed by atoms with Gasteiger partial charge in [0.05, 0.1) is 24.6 Å². The van der Waals surface area contributed by atoms with Gasteiger partial charge in [-0.25, -0.2) is 0 Å². The molecule has 1 fully saturated rings. The summed E-state index contributed by atoms with van der Waals surface area (Å²) in [5.41, 5.74) is 2.23. The lowest BCUT2D eigenvalue weighted by Crippen LogP contribution is -2.40. The molecule has 4 aliphatic rings. The third-order valence-corrected chi connectivity index (χ3v) is 8.54. The van der Waals surface area contributed by atoms with Crippen LogP contribution in [0.2, 0.25) is 0 Å². The van der Waals surface area contributed by atoms with E-state index < -0.39 is 42.6 Å². The number of benzene rings is 2. The van der Waals surface area contributed by atoms with E-state index in [1.807, 2.05) is 6.08 Å². The van der Waals surface area contributed by atoms with E-state index in [1.54, 1.807) is 25.1 Å². The molecule has 2 amide bonds. The first-order valence-corrected chi connectivity index (χ1v) is 13.0. The minimum absolute atomic E-state index is 0.103. The number of imide groups is 1. The summed E-state index contributed by atoms with van der Waals surface area (Å²) in [6.45, 7) is 1.58. The van der Waals surface area contributed by atoms with Crippen molar-refractivity contribution in [2.75, 3.05) is 12.0 Å². The minimum Gasteiger partial charge on any atom is -0.507 e. The van der Waals surface area contributed by atoms with E-state index in [0.29, 0.717) is 22.5 Å². The number of ether oxygens (including phenoxy) is 1. The number of nitrogens with zero attached hydrogens (tertiary/aromatic N) is 1. The van der Waals surface area contributed by atoms with Gasteiger partial charge in [0, 0.05) is 28.2 Å². The van der Waals surface area contributed by atoms with Crippen LogP contribution in [0.4, 0.5) is 5.69 Å². The fourth-order valence-electron chi connectivity index (χ4n) is 6.77. The molecule has 0 radical (unpaired) electrons. The van der Waals surface area contributed by atoms with Crippen LogP contribution in [-0.2, 0) is 19.2 Å². The van der Waals surface area contributed by atoms with E-state index in [4.69, 9.17) is 4.74 Å². The Hall–Kier alpha value is -4.28. The van der Waals surface area contributed by atoms with Crippen molar-refractivity contribution in [2.45, 2.75) is 25.7 Å². The van der Waals surface area contributed by atoms with Crippen LogP contribution in [0.1, 0.15) is 31.2 Å². The van der Waals surface area contributed by atoms with E-state index >= 15 is 0 Å². The monoisotopic (exact) mass is 539 g/mol. The first kappa shape index (κ1) is 26.0. The smallest absolute Gasteiger partial charge is 0.488 e. The summed E-state index contributed by atoms with van der Waals surface area (Å²) in [5.74, 6) is -4.18. The van der Waals surface area contributed by atoms with Crippen LogP contribution in [0.3, 0.4) is 0 Å². The van der Waals surface area contributed by atoms with Crippen molar-refractivity contribution >= 4 is 41.6 Å². The van der Waals surface area contributed by atoms with Crippen molar-refractivity contribution in [1.29, 1.82) is 0 Å². The molecule has 1 heterocycles. The number of anilines is 1. The second kappa shape index (κ2) is 9.43. The van der Waals surface area contributed by atoms with Gasteiger partial charge in [-0.05, 0) is 61.5 Å². The van der Waals surface area contributed by atoms with Crippen molar-refractivity contribution in [2.24, 2.45) is 17.8 Å². The van der Waals surface area contributed by atoms with Crippen LogP contribution in [0.25, 0.3) is 0 Å². The Bertz CT molecular complexity index is 1600. The number of fused-ring (bicyclic) bond motifs is 3. The summed E-state index contributed by atoms with van der Waals surface area (Å²) in [6.07, 6.45) is 3.49. The molecule has 4 atom stereocenters. The predicted molar refractivity (Wildman–Crippen MR) is 145 cm³/mol. The number of methoxy groups -OCH3 is 1. The molecule has 2 aromatic rings. The normalized spacial score (nSPS) is 25.8. The van der Waals surface area contributed by atoms with Gasteiger partial charge in [0.2, 0.25) is 11.8 Å². The summed E-state index contributed by atoms with van der Waals surface area (Å²) >= 11 is 0. The number of allylic oxidation sites excluding steroid dienone is 6. The lowest BCUT2D eigenvalue weighted by Gasteiger charge is -2.42. The summed E-state index contributed by atoms with van der Waals surface area (Å²) < 4.78 is 5.57. The van der Waals surface area contributed by atoms with Crippen LogP contribution < -0.4 is 15.1 Å². The minimum atomic E-state index is -1.77. The van der Waals surface area contributed by atoms with E-state index in [2.05, 4.69) is 0 Å². The standard InChI is InChI=1S/C30H26BNO8/c1-14-11-22(34)20-13-19-17(25(26(20)28(14)35)27-21(33)7-4-8-23(27)40-2)9-10-18-24(19)30(37)32(29(18)36)16-6-3-5-15(12-16)31(38)39/h3-9,11-12,18-19,24-25,33,38-39H,10,13H2,1-2H3/t18-,19+,24-,25-/m0/s1. The van der Waals surface area contributed by atoms with E-state index in [0.717, 1.165) is 4.90 Å². The number of amides is 2. The number of phenols is 1. The number of rotatable bonds is 4. The highest BCUT2D eigenvalue weighted by atomic mass is 16.5. The molecule has 10 heteroatoms. The van der Waals surface area contributed by atoms with Crippen molar-refractivity contribution in [3.05, 3.63) is 82.5 Å². The molecular weight excluding hydrogens is 513 g/mol. The lowest BCUT2D eigenvalue weighted by molar-refractivity contribution is -0.123. The van der Waals surface area contributed by atoms with E-state index in [-0.39, 0.29) is 52.5 Å². The number of aromatic hydroxyl groups is 1. The van der Waals surface area contributed by atoms with Crippen molar-refractivity contribution in [3.8, 4) is 11.5 Å². The zero-order valence-corrected chi connectivity index (χ0v) is 21.8. The molecule has 3 N–H and O–H groups in total. The number of hydrogen-bond donors (Lipinski definition) is 3. The molecule has 0 aromatic heterocycles. The summed E-state index contributed by atoms with van der Waals surface area (Å²) in [4.78, 5) is 55.5. The van der Waals surface area contributed by atoms with Gasteiger partial charge >= 0.3 is 7.12 Å². The Labute approximate surface area is 230 Å². The Morgan fingerprint density at radius 2 is 1.75 bits per heavy atom. The SMILES string of the molecule is COc1cccc(O)c1[C@H]1C2=CC[C@@H]3C(=O)N(c4cccc(B(O)O)c4)C(=O)[C@@H]3[C@@H]2CC2=C1C(=O)C(C)=CC2=O. The molecule has 1 aliphatic heterocycles. The number of carbonyl (C=O) groups is 4. The lowest BCUT2D eigenvalue weighted by atomic mass is 9.59. The average Bonchev–Trinajstić information content (AvgIpc) is 3.20. The van der Waals surface area contributed by atoms with E-state index in [9.17, 15) is 34.3 Å². The summed E-state index contributed by atoms with van der Waals surface area (Å²) in [7, 11) is -0.320. The Balaban J connectivity index is 1.50. The van der Waals surface area contributed by atoms with Gasteiger partial charge < -0.3 is 19.9 Å². The number of ketones is 2. The Morgan fingerprint density at radius 1 is 1.00 bits per heavy atom. The third kappa shape index (κ3) is 3.71. The van der Waals surface area contributed by atoms with Gasteiger partial charge in [0.1, 0.15) is 11.5 Å². The maximum atomic E-state index is 14.0. The van der Waals surface area contributed by atoms with Crippen molar-refractivity contribution in [1.82, 2.24) is 0 Å². The molecule has 0 spiro atoms. The quantitative estimate of drug-likeness (QED) is 0.231. The van der Waals surface area contributed by atoms with Crippen LogP contribution in [0, 0.1) is 17.8 Å². The molecule has 0 bridgehead atoms. The average molecular weight is 539 g/mol. The molecule has 3 aliphatic carbocycles. The van der Waals surface area contributed by atoms with Crippen LogP contribution >= 0.6 is 0 Å². The first-order chi connectivity index (χ1) is 19.1. The zero-order chi connectivity index (χ0) is 28.5. The highest BCUT2D eigenvalue weighted by Gasteiger charge is 2.57. The summed E-state index contributed by atoms with van der Waals surface area (Å²) in [5, 5.41) is 30.2. The Kier molecular flexibility index (Phi) is 6.12. The molecular formula is C30H26BNO8. The van der Waals surface area contributed by atoms with E-state index in [1.165, 1.54) is 37.5 Å². The zero-order valence-electron chi connectivity index (χ0n) is 21.8. The molecule has 2 aromatic carbocycles. The first-order valence-electron chi connectivity index (χ1n) is 13.0. The highest BCUT2D eigenvalue weighted by Crippen LogP contribution is 2.57. The number of hydrogen-bond acceptors (Lipinski definition) is 8. The molecule has 9 nitrogen and oxygen atoms in total. The van der Waals surface area contributed by atoms with Gasteiger partial charge in [-0.3, -0.25) is 24.1 Å². The maximum Gasteiger partial charge on any atom is 0.488 e. The number of carbonyl (C=O) groups excluding carboxylic acids is 4. The van der Waals surface area contributed by atoms with Crippen molar-refractivity contribution in [3.63, 3.8) is 0 Å². The number of Topliss-reactive ketones (excluding diaryl/α,β-unsaturated/α-hetero) is 1. The van der Waals surface area contributed by atoms with Gasteiger partial charge in [0.15, 0.2) is 11.6 Å². The summed E-state index contributed by atoms with van der Waals surface area (Å²) in [6, 6.07) is 10.7. The van der Waals surface area contributed by atoms with Crippen LogP contribution in [-0.4, -0.2) is 52.8 Å². The topological polar surface area (TPSA) is 141 Å². The predicted octanol–water partition coefficient (Wildman–Crippen LogP) is 1.71. The van der Waals surface area contributed by atoms with Gasteiger partial charge in [-0.15, -0.1) is 0 Å². The molecule has 40 heavy (non-hydrogen) atoms. The highest BCUT2D eigenvalue weighted by molar-refractivity contribution is 6.58. The fraction of sp³-hybridized carbons (Fsp3) is 0.267. The van der Waals surface area contributed by atoms with Crippen LogP contribution in [0.15, 0.2) is 76.9 Å². The molecule has 0 unspecified atom stereocenters. The third-order valence-electron chi connectivity index (χ3n) is 8.54. The van der Waals surface area contributed by atoms with Crippen LogP contribution in [0.5, 0.6) is 11.5 Å². The van der Waals surface area contributed by atoms with Crippen molar-refractivity contribution < 1.29 is 39.1 Å². The van der Waals surface area contributed by atoms with Gasteiger partial charge in [-0.2, -0.15) is 0 Å². The molecule has 1 saturated heterocycles. The van der Waals surface area contributed by atoms with Gasteiger partial charge in [-0.1, -0.05) is 29.8 Å². The fourth-order valence-corrected chi connectivity index (χ4v) is 6.77. The molecule has 6 rings (SSSR count). The second-order valence-electron chi connectivity index (χ2n) is 10.6. The largest absolute Gasteiger partial charge is 0.507 e. The Morgan fingerprint density at radius 3 is 2.48 bits per heavy atom. The second-order valence-corrected chi connectivity index (χ2v) is 10.6. The number of phenolic OH excluding ortho intramolecular Hbond substituents is 1. The maximum absolute atomic E-state index is 14.0. The molecule has 202 valence electrons.